The van der Waals surface area contributed by atoms with Crippen LogP contribution in [0.3, 0.4) is 0 Å². The molecule has 11 heteroatoms. The molecule has 36 heavy (non-hydrogen) atoms. The summed E-state index contributed by atoms with van der Waals surface area (Å²) >= 11 is 0. The molecule has 4 rings (SSSR count). The molecule has 2 fully saturated rings. The van der Waals surface area contributed by atoms with Gasteiger partial charge in [0.2, 0.25) is 11.8 Å². The second-order valence-corrected chi connectivity index (χ2v) is 9.12. The minimum atomic E-state index is -0.486. The Morgan fingerprint density at radius 3 is 2.14 bits per heavy atom. The van der Waals surface area contributed by atoms with E-state index in [4.69, 9.17) is 5.73 Å². The molecule has 0 radical (unpaired) electrons. The van der Waals surface area contributed by atoms with Gasteiger partial charge in [0.25, 0.3) is 11.6 Å². The molecule has 11 nitrogen and oxygen atoms in total. The first kappa shape index (κ1) is 25.0. The van der Waals surface area contributed by atoms with Gasteiger partial charge in [0.15, 0.2) is 0 Å². The summed E-state index contributed by atoms with van der Waals surface area (Å²) in [4.78, 5) is 52.8. The maximum absolute atomic E-state index is 12.8. The standard InChI is InChI=1S/C25H30N6O5/c1-17(32)28-12-14-30(15-13-28)22-7-2-19(16-23(22)31(35)36)25(34)27-20-3-5-21(6-4-20)29-10-8-18(9-11-29)24(26)33/h2-7,16,18H,8-15H2,1H3,(H2,26,33)(H,27,34). The highest BCUT2D eigenvalue weighted by Gasteiger charge is 2.26. The maximum Gasteiger partial charge on any atom is 0.293 e. The molecule has 0 atom stereocenters. The van der Waals surface area contributed by atoms with E-state index in [1.54, 1.807) is 29.2 Å². The summed E-state index contributed by atoms with van der Waals surface area (Å²) in [6.45, 7) is 4.93. The number of anilines is 3. The number of hydrogen-bond acceptors (Lipinski definition) is 7. The summed E-state index contributed by atoms with van der Waals surface area (Å²) in [7, 11) is 0. The Labute approximate surface area is 209 Å². The van der Waals surface area contributed by atoms with Crippen LogP contribution in [0, 0.1) is 16.0 Å². The molecule has 0 unspecified atom stereocenters. The molecule has 190 valence electrons. The molecule has 2 heterocycles. The van der Waals surface area contributed by atoms with E-state index in [2.05, 4.69) is 10.2 Å². The highest BCUT2D eigenvalue weighted by molar-refractivity contribution is 6.05. The van der Waals surface area contributed by atoms with E-state index in [0.29, 0.717) is 37.6 Å². The van der Waals surface area contributed by atoms with E-state index in [0.717, 1.165) is 31.6 Å². The van der Waals surface area contributed by atoms with Crippen LogP contribution in [0.2, 0.25) is 0 Å². The lowest BCUT2D eigenvalue weighted by Crippen LogP contribution is -2.48. The smallest absolute Gasteiger partial charge is 0.293 e. The van der Waals surface area contributed by atoms with Gasteiger partial charge in [0.05, 0.1) is 4.92 Å². The molecule has 3 N–H and O–H groups in total. The van der Waals surface area contributed by atoms with Crippen molar-refractivity contribution in [1.29, 1.82) is 0 Å². The van der Waals surface area contributed by atoms with E-state index in [9.17, 15) is 24.5 Å². The van der Waals surface area contributed by atoms with Crippen molar-refractivity contribution in [1.82, 2.24) is 4.90 Å². The zero-order chi connectivity index (χ0) is 25.8. The Bertz CT molecular complexity index is 1150. The van der Waals surface area contributed by atoms with Crippen LogP contribution in [0.5, 0.6) is 0 Å². The molecular formula is C25H30N6O5. The molecular weight excluding hydrogens is 464 g/mol. The van der Waals surface area contributed by atoms with Crippen LogP contribution >= 0.6 is 0 Å². The molecule has 0 aromatic heterocycles. The predicted molar refractivity (Wildman–Crippen MR) is 136 cm³/mol. The number of nitro groups is 1. The van der Waals surface area contributed by atoms with Gasteiger partial charge >= 0.3 is 0 Å². The largest absolute Gasteiger partial charge is 0.371 e. The minimum absolute atomic E-state index is 0.0168. The van der Waals surface area contributed by atoms with E-state index >= 15 is 0 Å². The van der Waals surface area contributed by atoms with Crippen molar-refractivity contribution in [3.8, 4) is 0 Å². The highest BCUT2D eigenvalue weighted by atomic mass is 16.6. The van der Waals surface area contributed by atoms with Crippen molar-refractivity contribution in [3.63, 3.8) is 0 Å². The summed E-state index contributed by atoms with van der Waals surface area (Å²) in [5.74, 6) is -0.796. The van der Waals surface area contributed by atoms with Crippen LogP contribution in [-0.2, 0) is 9.59 Å². The molecule has 0 aliphatic carbocycles. The van der Waals surface area contributed by atoms with Crippen molar-refractivity contribution >= 4 is 40.5 Å². The van der Waals surface area contributed by atoms with Gasteiger partial charge in [-0.3, -0.25) is 24.5 Å². The van der Waals surface area contributed by atoms with E-state index < -0.39 is 10.8 Å². The fourth-order valence-electron chi connectivity index (χ4n) is 4.72. The lowest BCUT2D eigenvalue weighted by atomic mass is 9.96. The Morgan fingerprint density at radius 1 is 0.944 bits per heavy atom. The van der Waals surface area contributed by atoms with Crippen molar-refractivity contribution in [2.75, 3.05) is 54.4 Å². The van der Waals surface area contributed by atoms with Crippen LogP contribution in [0.15, 0.2) is 42.5 Å². The quantitative estimate of drug-likeness (QED) is 0.463. The minimum Gasteiger partial charge on any atom is -0.371 e. The first-order valence-electron chi connectivity index (χ1n) is 12.0. The maximum atomic E-state index is 12.8. The highest BCUT2D eigenvalue weighted by Crippen LogP contribution is 2.31. The number of nitrogens with one attached hydrogen (secondary N) is 1. The van der Waals surface area contributed by atoms with Crippen molar-refractivity contribution in [3.05, 3.63) is 58.1 Å². The summed E-state index contributed by atoms with van der Waals surface area (Å²) in [6.07, 6.45) is 1.43. The van der Waals surface area contributed by atoms with Gasteiger partial charge in [-0.25, -0.2) is 0 Å². The molecule has 2 aliphatic rings. The predicted octanol–water partition coefficient (Wildman–Crippen LogP) is 2.22. The van der Waals surface area contributed by atoms with Crippen molar-refractivity contribution in [2.24, 2.45) is 11.7 Å². The van der Waals surface area contributed by atoms with Gasteiger partial charge in [-0.1, -0.05) is 0 Å². The monoisotopic (exact) mass is 494 g/mol. The molecule has 2 aromatic rings. The lowest BCUT2D eigenvalue weighted by molar-refractivity contribution is -0.384. The number of nitrogens with zero attached hydrogens (tertiary/aromatic N) is 4. The van der Waals surface area contributed by atoms with E-state index in [1.807, 2.05) is 17.0 Å². The summed E-state index contributed by atoms with van der Waals surface area (Å²) in [5, 5.41) is 14.6. The average molecular weight is 495 g/mol. The number of carbonyl (C=O) groups excluding carboxylic acids is 3. The van der Waals surface area contributed by atoms with Gasteiger partial charge in [0, 0.05) is 75.1 Å². The van der Waals surface area contributed by atoms with Crippen molar-refractivity contribution < 1.29 is 19.3 Å². The molecule has 2 aliphatic heterocycles. The molecule has 0 saturated carbocycles. The topological polar surface area (TPSA) is 142 Å². The molecule has 0 spiro atoms. The fraction of sp³-hybridized carbons (Fsp3) is 0.400. The summed E-state index contributed by atoms with van der Waals surface area (Å²) in [5.41, 5.74) is 7.44. The summed E-state index contributed by atoms with van der Waals surface area (Å²) < 4.78 is 0. The molecule has 0 bridgehead atoms. The van der Waals surface area contributed by atoms with E-state index in [1.165, 1.54) is 13.0 Å². The molecule has 2 saturated heterocycles. The first-order valence-corrected chi connectivity index (χ1v) is 12.0. The number of nitro benzene ring substituents is 1. The van der Waals surface area contributed by atoms with Gasteiger partial charge in [-0.2, -0.15) is 0 Å². The Kier molecular flexibility index (Phi) is 7.37. The molecule has 2 aromatic carbocycles. The first-order chi connectivity index (χ1) is 17.2. The number of benzene rings is 2. The second-order valence-electron chi connectivity index (χ2n) is 9.12. The number of amides is 3. The SMILES string of the molecule is CC(=O)N1CCN(c2ccc(C(=O)Nc3ccc(N4CCC(C(N)=O)CC4)cc3)cc2[N+](=O)[O-])CC1. The number of nitrogens with two attached hydrogens (primary N) is 1. The number of hydrogen-bond donors (Lipinski definition) is 2. The average Bonchev–Trinajstić information content (AvgIpc) is 2.89. The number of piperazine rings is 1. The number of primary amides is 1. The zero-order valence-electron chi connectivity index (χ0n) is 20.2. The number of carbonyl (C=O) groups is 3. The number of rotatable bonds is 6. The third-order valence-electron chi connectivity index (χ3n) is 6.89. The van der Waals surface area contributed by atoms with E-state index in [-0.39, 0.29) is 29.0 Å². The van der Waals surface area contributed by atoms with Crippen LogP contribution in [0.1, 0.15) is 30.1 Å². The third-order valence-corrected chi connectivity index (χ3v) is 6.89. The van der Waals surface area contributed by atoms with Gasteiger partial charge < -0.3 is 25.8 Å². The Balaban J connectivity index is 1.41. The van der Waals surface area contributed by atoms with Gasteiger partial charge in [0.1, 0.15) is 5.69 Å². The zero-order valence-corrected chi connectivity index (χ0v) is 20.2. The Hall–Kier alpha value is -4.15. The van der Waals surface area contributed by atoms with Crippen LogP contribution in [-0.4, -0.2) is 66.8 Å². The van der Waals surface area contributed by atoms with Crippen molar-refractivity contribution in [2.45, 2.75) is 19.8 Å². The van der Waals surface area contributed by atoms with Crippen LogP contribution < -0.4 is 20.9 Å². The second kappa shape index (κ2) is 10.6. The van der Waals surface area contributed by atoms with Crippen LogP contribution in [0.4, 0.5) is 22.7 Å². The molecule has 3 amide bonds. The lowest BCUT2D eigenvalue weighted by Gasteiger charge is -2.35. The van der Waals surface area contributed by atoms with Gasteiger partial charge in [-0.05, 0) is 49.2 Å². The number of piperidine rings is 1. The fourth-order valence-corrected chi connectivity index (χ4v) is 4.72. The Morgan fingerprint density at radius 2 is 1.58 bits per heavy atom. The van der Waals surface area contributed by atoms with Crippen LogP contribution in [0.25, 0.3) is 0 Å². The van der Waals surface area contributed by atoms with Gasteiger partial charge in [-0.15, -0.1) is 0 Å². The normalized spacial score (nSPS) is 16.5. The summed E-state index contributed by atoms with van der Waals surface area (Å²) in [6, 6.07) is 11.8. The third kappa shape index (κ3) is 5.56.